The SMILES string of the molecule is CSc1nccnc1CN1CCC(O)C1. The highest BCUT2D eigenvalue weighted by molar-refractivity contribution is 7.98. The molecule has 5 heteroatoms. The van der Waals surface area contributed by atoms with Crippen LogP contribution in [-0.4, -0.2) is 45.4 Å². The van der Waals surface area contributed by atoms with Crippen molar-refractivity contribution in [1.29, 1.82) is 0 Å². The fourth-order valence-corrected chi connectivity index (χ4v) is 2.32. The van der Waals surface area contributed by atoms with Gasteiger partial charge in [0.15, 0.2) is 0 Å². The minimum absolute atomic E-state index is 0.167. The van der Waals surface area contributed by atoms with Crippen LogP contribution in [0.3, 0.4) is 0 Å². The van der Waals surface area contributed by atoms with E-state index in [1.54, 1.807) is 24.2 Å². The molecule has 0 radical (unpaired) electrons. The van der Waals surface area contributed by atoms with E-state index in [0.717, 1.165) is 36.8 Å². The third-order valence-corrected chi connectivity index (χ3v) is 3.28. The summed E-state index contributed by atoms with van der Waals surface area (Å²) in [6, 6.07) is 0. The average molecular weight is 225 g/mol. The molecular weight excluding hydrogens is 210 g/mol. The quantitative estimate of drug-likeness (QED) is 0.770. The van der Waals surface area contributed by atoms with Gasteiger partial charge in [-0.2, -0.15) is 0 Å². The van der Waals surface area contributed by atoms with Gasteiger partial charge in [0, 0.05) is 32.0 Å². The normalized spacial score (nSPS) is 22.1. The van der Waals surface area contributed by atoms with Crippen LogP contribution in [0, 0.1) is 0 Å². The number of β-amino-alcohol motifs (C(OH)–C–C–N with tert-alkyl or cyclic N) is 1. The summed E-state index contributed by atoms with van der Waals surface area (Å²) in [6.45, 7) is 2.50. The molecule has 15 heavy (non-hydrogen) atoms. The molecule has 1 unspecified atom stereocenters. The molecule has 0 saturated carbocycles. The van der Waals surface area contributed by atoms with Crippen LogP contribution < -0.4 is 0 Å². The number of hydrogen-bond acceptors (Lipinski definition) is 5. The molecule has 0 amide bonds. The topological polar surface area (TPSA) is 49.2 Å². The second kappa shape index (κ2) is 4.92. The van der Waals surface area contributed by atoms with E-state index in [4.69, 9.17) is 0 Å². The van der Waals surface area contributed by atoms with Gasteiger partial charge in [-0.1, -0.05) is 0 Å². The number of aromatic nitrogens is 2. The first-order chi connectivity index (χ1) is 7.29. The van der Waals surface area contributed by atoms with Crippen LogP contribution in [0.15, 0.2) is 17.4 Å². The van der Waals surface area contributed by atoms with Crippen LogP contribution in [0.2, 0.25) is 0 Å². The molecule has 82 valence electrons. The molecule has 2 rings (SSSR count). The lowest BCUT2D eigenvalue weighted by Crippen LogP contribution is -2.22. The number of likely N-dealkylation sites (tertiary alicyclic amines) is 1. The number of aliphatic hydroxyl groups excluding tert-OH is 1. The molecule has 1 fully saturated rings. The van der Waals surface area contributed by atoms with Crippen LogP contribution in [0.25, 0.3) is 0 Å². The minimum Gasteiger partial charge on any atom is -0.392 e. The first-order valence-electron chi connectivity index (χ1n) is 5.04. The molecule has 1 aromatic rings. The Labute approximate surface area is 93.7 Å². The maximum atomic E-state index is 9.42. The van der Waals surface area contributed by atoms with Crippen molar-refractivity contribution in [3.05, 3.63) is 18.1 Å². The van der Waals surface area contributed by atoms with E-state index in [-0.39, 0.29) is 6.10 Å². The number of nitrogens with zero attached hydrogens (tertiary/aromatic N) is 3. The third-order valence-electron chi connectivity index (χ3n) is 2.55. The predicted octanol–water partition coefficient (Wildman–Crippen LogP) is 0.765. The Kier molecular flexibility index (Phi) is 3.56. The zero-order chi connectivity index (χ0) is 10.7. The average Bonchev–Trinajstić information content (AvgIpc) is 2.65. The van der Waals surface area contributed by atoms with Gasteiger partial charge in [-0.15, -0.1) is 11.8 Å². The minimum atomic E-state index is -0.167. The zero-order valence-electron chi connectivity index (χ0n) is 8.76. The Balaban J connectivity index is 2.04. The van der Waals surface area contributed by atoms with Gasteiger partial charge in [0.1, 0.15) is 5.03 Å². The van der Waals surface area contributed by atoms with Crippen molar-refractivity contribution in [3.63, 3.8) is 0 Å². The number of hydrogen-bond donors (Lipinski definition) is 1. The van der Waals surface area contributed by atoms with Gasteiger partial charge in [0.05, 0.1) is 11.8 Å². The van der Waals surface area contributed by atoms with Crippen molar-refractivity contribution < 1.29 is 5.11 Å². The zero-order valence-corrected chi connectivity index (χ0v) is 9.57. The van der Waals surface area contributed by atoms with Crippen LogP contribution in [0.4, 0.5) is 0 Å². The van der Waals surface area contributed by atoms with E-state index in [9.17, 15) is 5.11 Å². The standard InChI is InChI=1S/C10H15N3OS/c1-15-10-9(11-3-4-12-10)7-13-5-2-8(14)6-13/h3-4,8,14H,2,5-7H2,1H3. The van der Waals surface area contributed by atoms with Crippen molar-refractivity contribution in [2.24, 2.45) is 0 Å². The molecule has 0 bridgehead atoms. The second-order valence-electron chi connectivity index (χ2n) is 3.69. The van der Waals surface area contributed by atoms with Crippen LogP contribution in [0.5, 0.6) is 0 Å². The molecule has 2 heterocycles. The van der Waals surface area contributed by atoms with Crippen molar-refractivity contribution in [2.45, 2.75) is 24.1 Å². The molecule has 0 aromatic carbocycles. The van der Waals surface area contributed by atoms with Crippen molar-refractivity contribution >= 4 is 11.8 Å². The summed E-state index contributed by atoms with van der Waals surface area (Å²) < 4.78 is 0. The van der Waals surface area contributed by atoms with E-state index in [1.165, 1.54) is 0 Å². The maximum absolute atomic E-state index is 9.42. The Hall–Kier alpha value is -0.650. The van der Waals surface area contributed by atoms with Gasteiger partial charge in [0.25, 0.3) is 0 Å². The highest BCUT2D eigenvalue weighted by Crippen LogP contribution is 2.18. The van der Waals surface area contributed by atoms with E-state index in [2.05, 4.69) is 14.9 Å². The number of rotatable bonds is 3. The van der Waals surface area contributed by atoms with Crippen LogP contribution >= 0.6 is 11.8 Å². The monoisotopic (exact) mass is 225 g/mol. The Morgan fingerprint density at radius 2 is 2.33 bits per heavy atom. The largest absolute Gasteiger partial charge is 0.392 e. The molecular formula is C10H15N3OS. The molecule has 0 aliphatic carbocycles. The molecule has 1 aliphatic heterocycles. The molecule has 1 saturated heterocycles. The van der Waals surface area contributed by atoms with E-state index < -0.39 is 0 Å². The summed E-state index contributed by atoms with van der Waals surface area (Å²) in [5.41, 5.74) is 1.01. The van der Waals surface area contributed by atoms with Gasteiger partial charge in [-0.3, -0.25) is 9.88 Å². The lowest BCUT2D eigenvalue weighted by molar-refractivity contribution is 0.174. The Morgan fingerprint density at radius 1 is 1.53 bits per heavy atom. The summed E-state index contributed by atoms with van der Waals surface area (Å²) in [6.07, 6.45) is 6.15. The van der Waals surface area contributed by atoms with E-state index >= 15 is 0 Å². The van der Waals surface area contributed by atoms with E-state index in [0.29, 0.717) is 0 Å². The fourth-order valence-electron chi connectivity index (χ4n) is 1.80. The second-order valence-corrected chi connectivity index (χ2v) is 4.48. The lowest BCUT2D eigenvalue weighted by atomic mass is 10.3. The van der Waals surface area contributed by atoms with Crippen molar-refractivity contribution in [2.75, 3.05) is 19.3 Å². The summed E-state index contributed by atoms with van der Waals surface area (Å²) in [4.78, 5) is 10.8. The first-order valence-corrected chi connectivity index (χ1v) is 6.26. The summed E-state index contributed by atoms with van der Waals surface area (Å²) in [5, 5.41) is 10.4. The van der Waals surface area contributed by atoms with Crippen molar-refractivity contribution in [1.82, 2.24) is 14.9 Å². The van der Waals surface area contributed by atoms with Gasteiger partial charge in [0.2, 0.25) is 0 Å². The lowest BCUT2D eigenvalue weighted by Gasteiger charge is -2.15. The smallest absolute Gasteiger partial charge is 0.119 e. The molecule has 0 spiro atoms. The molecule has 4 nitrogen and oxygen atoms in total. The van der Waals surface area contributed by atoms with Crippen LogP contribution in [0.1, 0.15) is 12.1 Å². The first kappa shape index (κ1) is 10.9. The van der Waals surface area contributed by atoms with Gasteiger partial charge in [-0.25, -0.2) is 4.98 Å². The molecule has 1 atom stereocenters. The highest BCUT2D eigenvalue weighted by Gasteiger charge is 2.21. The third kappa shape index (κ3) is 2.68. The van der Waals surface area contributed by atoms with Gasteiger partial charge < -0.3 is 5.11 Å². The predicted molar refractivity (Wildman–Crippen MR) is 59.7 cm³/mol. The summed E-state index contributed by atoms with van der Waals surface area (Å²) in [5.74, 6) is 0. The maximum Gasteiger partial charge on any atom is 0.119 e. The number of thioether (sulfide) groups is 1. The van der Waals surface area contributed by atoms with Gasteiger partial charge >= 0.3 is 0 Å². The van der Waals surface area contributed by atoms with Crippen LogP contribution in [-0.2, 0) is 6.54 Å². The summed E-state index contributed by atoms with van der Waals surface area (Å²) >= 11 is 1.62. The Bertz CT molecular complexity index is 334. The number of aliphatic hydroxyl groups is 1. The van der Waals surface area contributed by atoms with Gasteiger partial charge in [-0.05, 0) is 12.7 Å². The van der Waals surface area contributed by atoms with Crippen molar-refractivity contribution in [3.8, 4) is 0 Å². The Morgan fingerprint density at radius 3 is 3.00 bits per heavy atom. The van der Waals surface area contributed by atoms with E-state index in [1.807, 2.05) is 6.26 Å². The molecule has 1 aromatic heterocycles. The summed E-state index contributed by atoms with van der Waals surface area (Å²) in [7, 11) is 0. The molecule has 1 aliphatic rings. The fraction of sp³-hybridized carbons (Fsp3) is 0.600. The molecule has 1 N–H and O–H groups in total. The highest BCUT2D eigenvalue weighted by atomic mass is 32.2.